The molecule has 0 spiro atoms. The third-order valence-electron chi connectivity index (χ3n) is 3.35. The Labute approximate surface area is 168 Å². The third kappa shape index (κ3) is 6.42. The molecule has 0 aliphatic carbocycles. The number of nitroso groups, excluding NO2 is 1. The van der Waals surface area contributed by atoms with Crippen molar-refractivity contribution in [2.24, 2.45) is 5.18 Å². The molecule has 0 aromatic heterocycles. The second-order valence-electron chi connectivity index (χ2n) is 5.19. The molecule has 8 nitrogen and oxygen atoms in total. The smallest absolute Gasteiger partial charge is 0.418 e. The minimum Gasteiger partial charge on any atom is -0.449 e. The highest BCUT2D eigenvalue weighted by Crippen LogP contribution is 2.34. The fourth-order valence-electron chi connectivity index (χ4n) is 2.15. The molecule has 29 heavy (non-hydrogen) atoms. The molecule has 0 heterocycles. The van der Waals surface area contributed by atoms with E-state index < -0.39 is 40.7 Å². The molecule has 0 fully saturated rings. The van der Waals surface area contributed by atoms with Crippen molar-refractivity contribution in [3.05, 3.63) is 80.0 Å². The predicted molar refractivity (Wildman–Crippen MR) is 100.0 cm³/mol. The number of nitrogens with zero attached hydrogens (tertiary/aromatic N) is 3. The predicted octanol–water partition coefficient (Wildman–Crippen LogP) is 5.23. The van der Waals surface area contributed by atoms with Crippen molar-refractivity contribution in [2.75, 3.05) is 18.1 Å². The second-order valence-corrected chi connectivity index (χ2v) is 5.62. The van der Waals surface area contributed by atoms with Gasteiger partial charge >= 0.3 is 12.3 Å². The molecule has 1 aromatic carbocycles. The minimum absolute atomic E-state index is 0.122. The molecule has 0 aliphatic rings. The van der Waals surface area contributed by atoms with Gasteiger partial charge in [0, 0.05) is 17.2 Å². The van der Waals surface area contributed by atoms with Crippen LogP contribution in [0, 0.1) is 15.0 Å². The van der Waals surface area contributed by atoms with E-state index in [1.165, 1.54) is 31.2 Å². The number of carbonyl (C=O) groups is 1. The van der Waals surface area contributed by atoms with Gasteiger partial charge in [0.15, 0.2) is 0 Å². The second kappa shape index (κ2) is 10.4. The van der Waals surface area contributed by atoms with Crippen molar-refractivity contribution in [1.82, 2.24) is 0 Å². The number of hydrogen-bond acceptors (Lipinski definition) is 6. The van der Waals surface area contributed by atoms with Crippen LogP contribution in [0.3, 0.4) is 0 Å². The number of allylic oxidation sites excluding steroid dienone is 3. The van der Waals surface area contributed by atoms with Crippen LogP contribution in [0.25, 0.3) is 0 Å². The number of amides is 1. The minimum atomic E-state index is -5.18. The van der Waals surface area contributed by atoms with Gasteiger partial charge in [-0.1, -0.05) is 23.4 Å². The molecule has 0 saturated carbocycles. The Morgan fingerprint density at radius 2 is 1.97 bits per heavy atom. The number of nitro groups is 1. The first-order chi connectivity index (χ1) is 13.6. The number of carbonyl (C=O) groups excluding carboxylic acids is 1. The van der Waals surface area contributed by atoms with E-state index in [9.17, 15) is 33.0 Å². The molecule has 1 rings (SSSR count). The quantitative estimate of drug-likeness (QED) is 0.241. The van der Waals surface area contributed by atoms with Crippen molar-refractivity contribution in [3.8, 4) is 0 Å². The molecule has 0 N–H and O–H groups in total. The van der Waals surface area contributed by atoms with Gasteiger partial charge in [-0.25, -0.2) is 9.69 Å². The standard InChI is InChI=1S/C17H15ClF3N3O5/c1-3-12(24(27)28)9-14(17(19,20)21)15(10-22-26)23(16(25)29-4-2)13-7-5-11(18)6-8-13/h3,5-9H,1,4,10H2,2H3/b12-9+,15-14-. The highest BCUT2D eigenvalue weighted by atomic mass is 35.5. The van der Waals surface area contributed by atoms with Gasteiger partial charge < -0.3 is 4.74 Å². The number of rotatable bonds is 8. The van der Waals surface area contributed by atoms with Gasteiger partial charge in [-0.3, -0.25) is 10.1 Å². The maximum absolute atomic E-state index is 13.7. The normalized spacial score (nSPS) is 12.7. The summed E-state index contributed by atoms with van der Waals surface area (Å²) in [5.41, 5.74) is -3.72. The topological polar surface area (TPSA) is 102 Å². The summed E-state index contributed by atoms with van der Waals surface area (Å²) in [5.74, 6) is 0. The molecular weight excluding hydrogens is 419 g/mol. The molecule has 156 valence electrons. The van der Waals surface area contributed by atoms with Crippen LogP contribution in [-0.4, -0.2) is 30.3 Å². The van der Waals surface area contributed by atoms with Crippen LogP contribution < -0.4 is 4.90 Å². The van der Waals surface area contributed by atoms with Crippen LogP contribution in [0.1, 0.15) is 6.92 Å². The lowest BCUT2D eigenvalue weighted by Crippen LogP contribution is -2.35. The zero-order chi connectivity index (χ0) is 22.2. The summed E-state index contributed by atoms with van der Waals surface area (Å²) < 4.78 is 46.0. The van der Waals surface area contributed by atoms with E-state index in [1.54, 1.807) is 0 Å². The highest BCUT2D eigenvalue weighted by Gasteiger charge is 2.40. The summed E-state index contributed by atoms with van der Waals surface area (Å²) in [4.78, 5) is 33.6. The maximum atomic E-state index is 13.7. The van der Waals surface area contributed by atoms with E-state index in [-0.39, 0.29) is 23.4 Å². The first kappa shape index (κ1) is 23.8. The summed E-state index contributed by atoms with van der Waals surface area (Å²) in [5, 5.41) is 13.6. The summed E-state index contributed by atoms with van der Waals surface area (Å²) in [6, 6.07) is 5.02. The van der Waals surface area contributed by atoms with Gasteiger partial charge in [0.05, 0.1) is 28.5 Å². The average Bonchev–Trinajstić information content (AvgIpc) is 2.63. The molecule has 1 amide bonds. The van der Waals surface area contributed by atoms with E-state index >= 15 is 0 Å². The highest BCUT2D eigenvalue weighted by molar-refractivity contribution is 6.30. The molecule has 0 aliphatic heterocycles. The molecule has 0 bridgehead atoms. The van der Waals surface area contributed by atoms with E-state index in [1.807, 2.05) is 0 Å². The molecule has 0 unspecified atom stereocenters. The zero-order valence-corrected chi connectivity index (χ0v) is 15.7. The monoisotopic (exact) mass is 433 g/mol. The number of benzene rings is 1. The first-order valence-electron chi connectivity index (χ1n) is 7.87. The summed E-state index contributed by atoms with van der Waals surface area (Å²) in [7, 11) is 0. The molecular formula is C17H15ClF3N3O5. The fourth-order valence-corrected chi connectivity index (χ4v) is 2.28. The Balaban J connectivity index is 3.90. The van der Waals surface area contributed by atoms with Crippen molar-refractivity contribution >= 4 is 23.4 Å². The van der Waals surface area contributed by atoms with E-state index in [0.717, 1.165) is 0 Å². The SMILES string of the molecule is C=C/C(=C\C(=C(/CN=O)N(C(=O)OCC)c1ccc(Cl)cc1)C(F)(F)F)[N+](=O)[O-]. The molecule has 0 radical (unpaired) electrons. The van der Waals surface area contributed by atoms with Crippen LogP contribution >= 0.6 is 11.6 Å². The summed E-state index contributed by atoms with van der Waals surface area (Å²) >= 11 is 5.76. The Morgan fingerprint density at radius 1 is 1.38 bits per heavy atom. The molecule has 0 saturated heterocycles. The molecule has 0 atom stereocenters. The lowest BCUT2D eigenvalue weighted by Gasteiger charge is -2.26. The van der Waals surface area contributed by atoms with Gasteiger partial charge in [0.25, 0.3) is 5.70 Å². The Bertz CT molecular complexity index is 851. The Hall–Kier alpha value is -3.21. The van der Waals surface area contributed by atoms with Crippen molar-refractivity contribution in [2.45, 2.75) is 13.1 Å². The molecule has 1 aromatic rings. The van der Waals surface area contributed by atoms with Gasteiger partial charge in [0.2, 0.25) is 0 Å². The van der Waals surface area contributed by atoms with E-state index in [2.05, 4.69) is 11.8 Å². The van der Waals surface area contributed by atoms with Gasteiger partial charge in [0.1, 0.15) is 6.54 Å². The Morgan fingerprint density at radius 3 is 2.38 bits per heavy atom. The number of halogens is 4. The van der Waals surface area contributed by atoms with Crippen molar-refractivity contribution in [1.29, 1.82) is 0 Å². The number of anilines is 1. The number of ether oxygens (including phenoxy) is 1. The summed E-state index contributed by atoms with van der Waals surface area (Å²) in [6.07, 6.45) is -5.67. The van der Waals surface area contributed by atoms with Crippen LogP contribution in [0.5, 0.6) is 0 Å². The zero-order valence-electron chi connectivity index (χ0n) is 15.0. The van der Waals surface area contributed by atoms with E-state index in [4.69, 9.17) is 16.3 Å². The average molecular weight is 434 g/mol. The number of hydrogen-bond donors (Lipinski definition) is 0. The van der Waals surface area contributed by atoms with Gasteiger partial charge in [-0.15, -0.1) is 0 Å². The lowest BCUT2D eigenvalue weighted by atomic mass is 10.1. The van der Waals surface area contributed by atoms with Crippen molar-refractivity contribution in [3.63, 3.8) is 0 Å². The third-order valence-corrected chi connectivity index (χ3v) is 3.60. The summed E-state index contributed by atoms with van der Waals surface area (Å²) in [6.45, 7) is 3.20. The number of alkyl halides is 3. The van der Waals surface area contributed by atoms with Crippen LogP contribution in [-0.2, 0) is 4.74 Å². The van der Waals surface area contributed by atoms with Crippen molar-refractivity contribution < 1.29 is 27.6 Å². The Kier molecular flexibility index (Phi) is 8.52. The van der Waals surface area contributed by atoms with Crippen LogP contribution in [0.15, 0.2) is 65.1 Å². The van der Waals surface area contributed by atoms with E-state index in [0.29, 0.717) is 11.0 Å². The lowest BCUT2D eigenvalue weighted by molar-refractivity contribution is -0.419. The van der Waals surface area contributed by atoms with Gasteiger partial charge in [-0.05, 0) is 31.2 Å². The molecule has 12 heteroatoms. The largest absolute Gasteiger partial charge is 0.449 e. The maximum Gasteiger partial charge on any atom is 0.418 e. The fraction of sp³-hybridized carbons (Fsp3) is 0.235. The van der Waals surface area contributed by atoms with Gasteiger partial charge in [-0.2, -0.15) is 18.1 Å². The first-order valence-corrected chi connectivity index (χ1v) is 8.25. The van der Waals surface area contributed by atoms with Crippen LogP contribution in [0.4, 0.5) is 23.7 Å². The van der Waals surface area contributed by atoms with Crippen LogP contribution in [0.2, 0.25) is 5.02 Å².